The van der Waals surface area contributed by atoms with Gasteiger partial charge in [-0.05, 0) is 31.9 Å². The van der Waals surface area contributed by atoms with Crippen LogP contribution in [-0.4, -0.2) is 16.9 Å². The molecule has 0 fully saturated rings. The minimum Gasteiger partial charge on any atom is -0.380 e. The third kappa shape index (κ3) is 3.52. The van der Waals surface area contributed by atoms with Gasteiger partial charge >= 0.3 is 0 Å². The van der Waals surface area contributed by atoms with Gasteiger partial charge in [-0.1, -0.05) is 24.3 Å². The van der Waals surface area contributed by atoms with Crippen LogP contribution in [0.15, 0.2) is 24.3 Å². The molecule has 0 saturated carbocycles. The molecule has 1 atom stereocenters. The normalized spacial score (nSPS) is 12.6. The van der Waals surface area contributed by atoms with E-state index < -0.39 is 0 Å². The predicted molar refractivity (Wildman–Crippen MR) is 85.1 cm³/mol. The monoisotopic (exact) mass is 287 g/mol. The van der Waals surface area contributed by atoms with E-state index in [1.807, 2.05) is 11.7 Å². The van der Waals surface area contributed by atoms with Crippen LogP contribution in [0.3, 0.4) is 0 Å². The van der Waals surface area contributed by atoms with Gasteiger partial charge in [-0.2, -0.15) is 5.10 Å². The molecule has 1 heterocycles. The first-order chi connectivity index (χ1) is 10.0. The summed E-state index contributed by atoms with van der Waals surface area (Å²) in [6, 6.07) is 8.66. The first-order valence-electron chi connectivity index (χ1n) is 7.33. The van der Waals surface area contributed by atoms with Crippen molar-refractivity contribution in [2.45, 2.75) is 40.0 Å². The van der Waals surface area contributed by atoms with Crippen LogP contribution >= 0.6 is 0 Å². The fourth-order valence-electron chi connectivity index (χ4n) is 2.81. The molecule has 0 saturated heterocycles. The molecule has 114 valence electrons. The summed E-state index contributed by atoms with van der Waals surface area (Å²) in [6.45, 7) is 7.85. The summed E-state index contributed by atoms with van der Waals surface area (Å²) >= 11 is 0. The van der Waals surface area contributed by atoms with Crippen molar-refractivity contribution in [1.82, 2.24) is 15.1 Å². The lowest BCUT2D eigenvalue weighted by Gasteiger charge is -2.16. The average Bonchev–Trinajstić information content (AvgIpc) is 2.71. The summed E-state index contributed by atoms with van der Waals surface area (Å²) in [5, 5.41) is 8.09. The third-order valence-electron chi connectivity index (χ3n) is 4.01. The van der Waals surface area contributed by atoms with Crippen molar-refractivity contribution in [3.63, 3.8) is 0 Å². The van der Waals surface area contributed by atoms with Crippen LogP contribution < -0.4 is 5.32 Å². The standard InChI is InChI=1S/C17H25N3O/c1-12(17-13(2)19-20(4)14(17)3)18-10-15-8-6-7-9-16(15)11-21-5/h6-9,12,18H,10-11H2,1-5H3. The van der Waals surface area contributed by atoms with Crippen molar-refractivity contribution < 1.29 is 4.74 Å². The Hall–Kier alpha value is -1.65. The van der Waals surface area contributed by atoms with Crippen LogP contribution in [0.1, 0.15) is 41.0 Å². The minimum atomic E-state index is 0.273. The van der Waals surface area contributed by atoms with Gasteiger partial charge in [-0.25, -0.2) is 0 Å². The minimum absolute atomic E-state index is 0.273. The fourth-order valence-corrected chi connectivity index (χ4v) is 2.81. The van der Waals surface area contributed by atoms with Crippen molar-refractivity contribution in [2.24, 2.45) is 7.05 Å². The lowest BCUT2D eigenvalue weighted by Crippen LogP contribution is -2.20. The first-order valence-corrected chi connectivity index (χ1v) is 7.33. The van der Waals surface area contributed by atoms with E-state index in [0.29, 0.717) is 6.61 Å². The Balaban J connectivity index is 2.09. The second-order valence-corrected chi connectivity index (χ2v) is 5.51. The molecule has 0 radical (unpaired) electrons. The van der Waals surface area contributed by atoms with Gasteiger partial charge in [0.05, 0.1) is 12.3 Å². The Bertz CT molecular complexity index is 604. The van der Waals surface area contributed by atoms with Gasteiger partial charge in [0.1, 0.15) is 0 Å². The van der Waals surface area contributed by atoms with Gasteiger partial charge in [-0.3, -0.25) is 4.68 Å². The Morgan fingerprint density at radius 2 is 1.90 bits per heavy atom. The number of ether oxygens (including phenoxy) is 1. The van der Waals surface area contributed by atoms with Crippen molar-refractivity contribution in [1.29, 1.82) is 0 Å². The van der Waals surface area contributed by atoms with Gasteiger partial charge in [0.25, 0.3) is 0 Å². The SMILES string of the molecule is COCc1ccccc1CNC(C)c1c(C)nn(C)c1C. The highest BCUT2D eigenvalue weighted by atomic mass is 16.5. The van der Waals surface area contributed by atoms with Crippen LogP contribution in [0.4, 0.5) is 0 Å². The van der Waals surface area contributed by atoms with Gasteiger partial charge < -0.3 is 10.1 Å². The molecule has 2 aromatic rings. The van der Waals surface area contributed by atoms with E-state index in [0.717, 1.165) is 12.2 Å². The molecule has 4 nitrogen and oxygen atoms in total. The molecule has 1 aromatic heterocycles. The Kier molecular flexibility index (Phi) is 5.15. The second-order valence-electron chi connectivity index (χ2n) is 5.51. The zero-order valence-electron chi connectivity index (χ0n) is 13.6. The molecule has 21 heavy (non-hydrogen) atoms. The van der Waals surface area contributed by atoms with Gasteiger partial charge in [0.15, 0.2) is 0 Å². The molecule has 0 spiro atoms. The number of nitrogens with one attached hydrogen (secondary N) is 1. The summed E-state index contributed by atoms with van der Waals surface area (Å²) in [6.07, 6.45) is 0. The van der Waals surface area contributed by atoms with Crippen molar-refractivity contribution in [2.75, 3.05) is 7.11 Å². The Morgan fingerprint density at radius 1 is 1.24 bits per heavy atom. The number of methoxy groups -OCH3 is 1. The summed E-state index contributed by atoms with van der Waals surface area (Å²) in [5.74, 6) is 0. The topological polar surface area (TPSA) is 39.1 Å². The van der Waals surface area contributed by atoms with E-state index in [1.54, 1.807) is 7.11 Å². The van der Waals surface area contributed by atoms with Gasteiger partial charge in [0, 0.05) is 38.0 Å². The van der Waals surface area contributed by atoms with E-state index in [-0.39, 0.29) is 6.04 Å². The van der Waals surface area contributed by atoms with Gasteiger partial charge in [-0.15, -0.1) is 0 Å². The number of hydrogen-bond acceptors (Lipinski definition) is 3. The maximum Gasteiger partial charge on any atom is 0.0716 e. The van der Waals surface area contributed by atoms with Crippen molar-refractivity contribution >= 4 is 0 Å². The van der Waals surface area contributed by atoms with E-state index in [2.05, 4.69) is 55.5 Å². The highest BCUT2D eigenvalue weighted by Gasteiger charge is 2.16. The average molecular weight is 287 g/mol. The van der Waals surface area contributed by atoms with E-state index >= 15 is 0 Å². The van der Waals surface area contributed by atoms with E-state index in [1.165, 1.54) is 22.4 Å². The zero-order valence-corrected chi connectivity index (χ0v) is 13.6. The van der Waals surface area contributed by atoms with Crippen molar-refractivity contribution in [3.05, 3.63) is 52.3 Å². The molecular weight excluding hydrogens is 262 g/mol. The molecule has 1 N–H and O–H groups in total. The maximum absolute atomic E-state index is 5.26. The Labute approximate surface area is 127 Å². The molecule has 1 unspecified atom stereocenters. The van der Waals surface area contributed by atoms with Gasteiger partial charge in [0.2, 0.25) is 0 Å². The number of rotatable bonds is 6. The number of aromatic nitrogens is 2. The lowest BCUT2D eigenvalue weighted by atomic mass is 10.0. The summed E-state index contributed by atoms with van der Waals surface area (Å²) in [7, 11) is 3.72. The van der Waals surface area contributed by atoms with Crippen LogP contribution in [-0.2, 0) is 24.9 Å². The molecule has 0 aliphatic carbocycles. The highest BCUT2D eigenvalue weighted by molar-refractivity contribution is 5.29. The van der Waals surface area contributed by atoms with Crippen LogP contribution in [0.5, 0.6) is 0 Å². The maximum atomic E-state index is 5.26. The second kappa shape index (κ2) is 6.87. The largest absolute Gasteiger partial charge is 0.380 e. The number of benzene rings is 1. The van der Waals surface area contributed by atoms with Crippen LogP contribution in [0, 0.1) is 13.8 Å². The molecule has 0 aliphatic heterocycles. The quantitative estimate of drug-likeness (QED) is 0.887. The smallest absolute Gasteiger partial charge is 0.0716 e. The highest BCUT2D eigenvalue weighted by Crippen LogP contribution is 2.21. The third-order valence-corrected chi connectivity index (χ3v) is 4.01. The molecular formula is C17H25N3O. The number of aryl methyl sites for hydroxylation is 2. The Morgan fingerprint density at radius 3 is 2.48 bits per heavy atom. The molecule has 2 rings (SSSR count). The zero-order chi connectivity index (χ0) is 15.4. The first kappa shape index (κ1) is 15.7. The molecule has 4 heteroatoms. The predicted octanol–water partition coefficient (Wildman–Crippen LogP) is 3.03. The molecule has 0 amide bonds. The van der Waals surface area contributed by atoms with E-state index in [9.17, 15) is 0 Å². The fraction of sp³-hybridized carbons (Fsp3) is 0.471. The molecule has 0 bridgehead atoms. The summed E-state index contributed by atoms with van der Waals surface area (Å²) < 4.78 is 7.21. The molecule has 1 aromatic carbocycles. The number of hydrogen-bond donors (Lipinski definition) is 1. The summed E-state index contributed by atoms with van der Waals surface area (Å²) in [5.41, 5.74) is 6.13. The van der Waals surface area contributed by atoms with Crippen molar-refractivity contribution in [3.8, 4) is 0 Å². The van der Waals surface area contributed by atoms with E-state index in [4.69, 9.17) is 4.74 Å². The number of nitrogens with zero attached hydrogens (tertiary/aromatic N) is 2. The lowest BCUT2D eigenvalue weighted by molar-refractivity contribution is 0.184. The van der Waals surface area contributed by atoms with Crippen LogP contribution in [0.2, 0.25) is 0 Å². The van der Waals surface area contributed by atoms with Crippen LogP contribution in [0.25, 0.3) is 0 Å². The summed E-state index contributed by atoms with van der Waals surface area (Å²) in [4.78, 5) is 0. The molecule has 0 aliphatic rings.